The molecular formula is C18H19ClN4. The second-order valence-corrected chi connectivity index (χ2v) is 6.74. The van der Waals surface area contributed by atoms with Crippen molar-refractivity contribution in [3.8, 4) is 11.3 Å². The summed E-state index contributed by atoms with van der Waals surface area (Å²) in [7, 11) is 0. The highest BCUT2D eigenvalue weighted by molar-refractivity contribution is 6.30. The van der Waals surface area contributed by atoms with E-state index in [0.717, 1.165) is 51.5 Å². The first-order valence-corrected chi connectivity index (χ1v) is 8.36. The van der Waals surface area contributed by atoms with E-state index in [1.165, 1.54) is 12.8 Å². The van der Waals surface area contributed by atoms with E-state index in [0.29, 0.717) is 0 Å². The third-order valence-electron chi connectivity index (χ3n) is 4.48. The number of anilines is 1. The Bertz CT molecular complexity index is 863. The van der Waals surface area contributed by atoms with Gasteiger partial charge in [0.25, 0.3) is 0 Å². The molecule has 0 spiro atoms. The normalized spacial score (nSPS) is 14.4. The molecule has 0 bridgehead atoms. The summed E-state index contributed by atoms with van der Waals surface area (Å²) in [5, 5.41) is 9.06. The SMILES string of the molecule is Cc1nc2cc(-c3ccc(Cl)cc3)nn2c(NCC2CC2)c1C. The third kappa shape index (κ3) is 2.79. The lowest BCUT2D eigenvalue weighted by Gasteiger charge is -2.12. The Hall–Kier alpha value is -2.07. The Labute approximate surface area is 140 Å². The summed E-state index contributed by atoms with van der Waals surface area (Å²) in [4.78, 5) is 4.68. The molecule has 0 atom stereocenters. The molecule has 4 nitrogen and oxygen atoms in total. The molecule has 0 radical (unpaired) electrons. The molecule has 1 aliphatic carbocycles. The average molecular weight is 327 g/mol. The minimum Gasteiger partial charge on any atom is -0.369 e. The number of nitrogens with zero attached hydrogens (tertiary/aromatic N) is 3. The smallest absolute Gasteiger partial charge is 0.158 e. The van der Waals surface area contributed by atoms with E-state index in [2.05, 4.69) is 17.2 Å². The molecule has 0 unspecified atom stereocenters. The molecule has 0 amide bonds. The molecule has 1 aliphatic rings. The van der Waals surface area contributed by atoms with Gasteiger partial charge in [0.05, 0.1) is 5.69 Å². The van der Waals surface area contributed by atoms with E-state index in [1.54, 1.807) is 0 Å². The van der Waals surface area contributed by atoms with Crippen LogP contribution >= 0.6 is 11.6 Å². The zero-order chi connectivity index (χ0) is 16.0. The maximum atomic E-state index is 5.97. The maximum absolute atomic E-state index is 5.97. The van der Waals surface area contributed by atoms with Gasteiger partial charge in [0.1, 0.15) is 5.82 Å². The van der Waals surface area contributed by atoms with Crippen LogP contribution < -0.4 is 5.32 Å². The number of aryl methyl sites for hydroxylation is 1. The molecule has 2 heterocycles. The van der Waals surface area contributed by atoms with E-state index in [9.17, 15) is 0 Å². The highest BCUT2D eigenvalue weighted by Crippen LogP contribution is 2.30. The largest absolute Gasteiger partial charge is 0.369 e. The summed E-state index contributed by atoms with van der Waals surface area (Å²) >= 11 is 5.97. The number of fused-ring (bicyclic) bond motifs is 1. The minimum atomic E-state index is 0.731. The fourth-order valence-corrected chi connectivity index (χ4v) is 2.86. The fourth-order valence-electron chi connectivity index (χ4n) is 2.73. The van der Waals surface area contributed by atoms with Crippen LogP contribution in [-0.4, -0.2) is 21.1 Å². The molecule has 118 valence electrons. The molecular weight excluding hydrogens is 308 g/mol. The monoisotopic (exact) mass is 326 g/mol. The van der Waals surface area contributed by atoms with Crippen molar-refractivity contribution < 1.29 is 0 Å². The van der Waals surface area contributed by atoms with Gasteiger partial charge in [0.15, 0.2) is 5.65 Å². The summed E-state index contributed by atoms with van der Waals surface area (Å²) in [6.07, 6.45) is 2.66. The first-order chi connectivity index (χ1) is 11.1. The zero-order valence-electron chi connectivity index (χ0n) is 13.3. The average Bonchev–Trinajstić information content (AvgIpc) is 3.27. The molecule has 4 rings (SSSR count). The van der Waals surface area contributed by atoms with Crippen LogP contribution in [0.4, 0.5) is 5.82 Å². The lowest BCUT2D eigenvalue weighted by molar-refractivity contribution is 0.849. The van der Waals surface area contributed by atoms with Crippen LogP contribution in [0.2, 0.25) is 5.02 Å². The Balaban J connectivity index is 1.79. The van der Waals surface area contributed by atoms with Gasteiger partial charge in [-0.15, -0.1) is 0 Å². The van der Waals surface area contributed by atoms with Crippen LogP contribution in [0, 0.1) is 19.8 Å². The zero-order valence-corrected chi connectivity index (χ0v) is 14.1. The summed E-state index contributed by atoms with van der Waals surface area (Å²) in [5.74, 6) is 1.86. The maximum Gasteiger partial charge on any atom is 0.158 e. The van der Waals surface area contributed by atoms with Gasteiger partial charge in [-0.05, 0) is 44.7 Å². The van der Waals surface area contributed by atoms with Crippen LogP contribution in [0.3, 0.4) is 0 Å². The van der Waals surface area contributed by atoms with Gasteiger partial charge in [0, 0.05) is 34.5 Å². The number of hydrogen-bond donors (Lipinski definition) is 1. The van der Waals surface area contributed by atoms with Crippen molar-refractivity contribution in [3.05, 3.63) is 46.6 Å². The van der Waals surface area contributed by atoms with Crippen LogP contribution in [-0.2, 0) is 0 Å². The summed E-state index contributed by atoms with van der Waals surface area (Å²) in [5.41, 5.74) is 5.02. The van der Waals surface area contributed by atoms with E-state index in [4.69, 9.17) is 16.7 Å². The molecule has 2 aromatic heterocycles. The van der Waals surface area contributed by atoms with Crippen molar-refractivity contribution in [3.63, 3.8) is 0 Å². The predicted molar refractivity (Wildman–Crippen MR) is 94.1 cm³/mol. The van der Waals surface area contributed by atoms with Crippen molar-refractivity contribution in [1.82, 2.24) is 14.6 Å². The molecule has 1 N–H and O–H groups in total. The number of hydrogen-bond acceptors (Lipinski definition) is 3. The number of nitrogens with one attached hydrogen (secondary N) is 1. The summed E-state index contributed by atoms with van der Waals surface area (Å²) in [6.45, 7) is 5.16. The van der Waals surface area contributed by atoms with Gasteiger partial charge >= 0.3 is 0 Å². The number of rotatable bonds is 4. The predicted octanol–water partition coefficient (Wildman–Crippen LogP) is 4.49. The molecule has 5 heteroatoms. The van der Waals surface area contributed by atoms with Crippen LogP contribution in [0.25, 0.3) is 16.9 Å². The van der Waals surface area contributed by atoms with Gasteiger partial charge in [-0.3, -0.25) is 0 Å². The molecule has 1 aromatic carbocycles. The molecule has 1 saturated carbocycles. The Kier molecular flexibility index (Phi) is 3.49. The number of aromatic nitrogens is 3. The summed E-state index contributed by atoms with van der Waals surface area (Å²) in [6, 6.07) is 9.77. The van der Waals surface area contributed by atoms with Crippen molar-refractivity contribution >= 4 is 23.1 Å². The lowest BCUT2D eigenvalue weighted by Crippen LogP contribution is -2.11. The van der Waals surface area contributed by atoms with Crippen molar-refractivity contribution in [2.75, 3.05) is 11.9 Å². The second kappa shape index (κ2) is 5.53. The molecule has 0 aliphatic heterocycles. The first-order valence-electron chi connectivity index (χ1n) is 7.98. The topological polar surface area (TPSA) is 42.2 Å². The highest BCUT2D eigenvalue weighted by atomic mass is 35.5. The minimum absolute atomic E-state index is 0.731. The molecule has 0 saturated heterocycles. The van der Waals surface area contributed by atoms with E-state index < -0.39 is 0 Å². The highest BCUT2D eigenvalue weighted by Gasteiger charge is 2.22. The van der Waals surface area contributed by atoms with Crippen molar-refractivity contribution in [2.24, 2.45) is 5.92 Å². The third-order valence-corrected chi connectivity index (χ3v) is 4.73. The fraction of sp³-hybridized carbons (Fsp3) is 0.333. The Morgan fingerprint density at radius 3 is 2.65 bits per heavy atom. The van der Waals surface area contributed by atoms with Gasteiger partial charge in [-0.1, -0.05) is 23.7 Å². The van der Waals surface area contributed by atoms with E-state index >= 15 is 0 Å². The second-order valence-electron chi connectivity index (χ2n) is 6.30. The van der Waals surface area contributed by atoms with Crippen LogP contribution in [0.5, 0.6) is 0 Å². The van der Waals surface area contributed by atoms with Gasteiger partial charge in [-0.25, -0.2) is 4.98 Å². The molecule has 1 fully saturated rings. The van der Waals surface area contributed by atoms with E-state index in [1.807, 2.05) is 41.8 Å². The van der Waals surface area contributed by atoms with Gasteiger partial charge in [0.2, 0.25) is 0 Å². The quantitative estimate of drug-likeness (QED) is 0.768. The van der Waals surface area contributed by atoms with E-state index in [-0.39, 0.29) is 0 Å². The van der Waals surface area contributed by atoms with Crippen molar-refractivity contribution in [1.29, 1.82) is 0 Å². The first kappa shape index (κ1) is 14.5. The van der Waals surface area contributed by atoms with Gasteiger partial charge < -0.3 is 5.32 Å². The Morgan fingerprint density at radius 1 is 1.22 bits per heavy atom. The van der Waals surface area contributed by atoms with Crippen molar-refractivity contribution in [2.45, 2.75) is 26.7 Å². The lowest BCUT2D eigenvalue weighted by atomic mass is 10.1. The summed E-state index contributed by atoms with van der Waals surface area (Å²) < 4.78 is 1.93. The van der Waals surface area contributed by atoms with Crippen LogP contribution in [0.15, 0.2) is 30.3 Å². The Morgan fingerprint density at radius 2 is 1.96 bits per heavy atom. The standard InChI is InChI=1S/C18H19ClN4/c1-11-12(2)21-17-9-16(14-5-7-15(19)8-6-14)22-23(17)18(11)20-10-13-3-4-13/h5-9,13,20H,3-4,10H2,1-2H3. The number of halogens is 1. The van der Waals surface area contributed by atoms with Gasteiger partial charge in [-0.2, -0.15) is 9.61 Å². The molecule has 23 heavy (non-hydrogen) atoms. The number of benzene rings is 1. The van der Waals surface area contributed by atoms with Crippen LogP contribution in [0.1, 0.15) is 24.1 Å². The molecule has 3 aromatic rings.